The normalized spacial score (nSPS) is 19.9. The van der Waals surface area contributed by atoms with E-state index >= 15 is 0 Å². The Morgan fingerprint density at radius 2 is 1.84 bits per heavy atom. The fourth-order valence-electron chi connectivity index (χ4n) is 4.22. The fourth-order valence-corrected chi connectivity index (χ4v) is 5.82. The highest BCUT2D eigenvalue weighted by Gasteiger charge is 2.38. The van der Waals surface area contributed by atoms with Gasteiger partial charge in [-0.2, -0.15) is 4.31 Å². The lowest BCUT2D eigenvalue weighted by atomic mass is 9.98. The number of sulfonamides is 1. The molecule has 2 aliphatic rings. The smallest absolute Gasteiger partial charge is 0.247 e. The number of fused-ring (bicyclic) bond motifs is 1. The zero-order chi connectivity index (χ0) is 22.5. The molecule has 1 N–H and O–H groups in total. The first-order valence-electron chi connectivity index (χ1n) is 10.2. The van der Waals surface area contributed by atoms with Crippen molar-refractivity contribution < 1.29 is 17.6 Å². The van der Waals surface area contributed by atoms with Crippen LogP contribution in [0.5, 0.6) is 0 Å². The van der Waals surface area contributed by atoms with E-state index in [1.54, 1.807) is 0 Å². The zero-order valence-corrected chi connectivity index (χ0v) is 18.8. The number of benzene rings is 1. The molecule has 3 heterocycles. The second-order valence-electron chi connectivity index (χ2n) is 8.56. The Balaban J connectivity index is 1.48. The van der Waals surface area contributed by atoms with Crippen LogP contribution in [-0.2, 0) is 21.2 Å². The Morgan fingerprint density at radius 1 is 1.19 bits per heavy atom. The van der Waals surface area contributed by atoms with Crippen molar-refractivity contribution in [2.75, 3.05) is 30.4 Å². The third-order valence-electron chi connectivity index (χ3n) is 5.86. The Labute approximate surface area is 181 Å². The standard InChI is InChI=1S/C21H26FN5O3S/c1-12(2)19-21(28)25-18-13(3)23-17(24-20(18)26(19)4)9-14-10-27(11-14)31(29,30)16-7-5-15(22)6-8-16/h5-8,12,14,19H,9-11H2,1-4H3,(H,25,28)/t19-/m0/s1. The summed E-state index contributed by atoms with van der Waals surface area (Å²) in [6, 6.07) is 4.54. The first-order chi connectivity index (χ1) is 14.6. The largest absolute Gasteiger partial charge is 0.346 e. The van der Waals surface area contributed by atoms with E-state index < -0.39 is 15.8 Å². The maximum absolute atomic E-state index is 13.1. The molecule has 0 unspecified atom stereocenters. The average Bonchev–Trinajstić information content (AvgIpc) is 2.65. The van der Waals surface area contributed by atoms with Gasteiger partial charge < -0.3 is 10.2 Å². The molecule has 2 aromatic rings. The van der Waals surface area contributed by atoms with E-state index in [0.717, 1.165) is 12.1 Å². The van der Waals surface area contributed by atoms with E-state index in [9.17, 15) is 17.6 Å². The van der Waals surface area contributed by atoms with E-state index in [4.69, 9.17) is 0 Å². The number of likely N-dealkylation sites (N-methyl/N-ethyl adjacent to an activating group) is 1. The van der Waals surface area contributed by atoms with Crippen molar-refractivity contribution in [1.29, 1.82) is 0 Å². The minimum Gasteiger partial charge on any atom is -0.346 e. The predicted molar refractivity (Wildman–Crippen MR) is 115 cm³/mol. The van der Waals surface area contributed by atoms with Crippen LogP contribution in [0.2, 0.25) is 0 Å². The number of aromatic nitrogens is 2. The van der Waals surface area contributed by atoms with Gasteiger partial charge in [-0.05, 0) is 43.0 Å². The summed E-state index contributed by atoms with van der Waals surface area (Å²) in [5, 5.41) is 2.93. The highest BCUT2D eigenvalue weighted by atomic mass is 32.2. The number of hydrogen-bond donors (Lipinski definition) is 1. The number of aryl methyl sites for hydroxylation is 1. The molecule has 0 aliphatic carbocycles. The van der Waals surface area contributed by atoms with Gasteiger partial charge in [0.15, 0.2) is 5.82 Å². The number of carbonyl (C=O) groups excluding carboxylic acids is 1. The zero-order valence-electron chi connectivity index (χ0n) is 18.0. The summed E-state index contributed by atoms with van der Waals surface area (Å²) in [5.74, 6) is 0.999. The summed E-state index contributed by atoms with van der Waals surface area (Å²) >= 11 is 0. The molecule has 1 saturated heterocycles. The van der Waals surface area contributed by atoms with Gasteiger partial charge in [-0.3, -0.25) is 4.79 Å². The molecule has 0 spiro atoms. The molecular formula is C21H26FN5O3S. The molecule has 1 aromatic carbocycles. The van der Waals surface area contributed by atoms with Gasteiger partial charge in [-0.15, -0.1) is 0 Å². The van der Waals surface area contributed by atoms with Gasteiger partial charge in [0.05, 0.1) is 10.6 Å². The van der Waals surface area contributed by atoms with Gasteiger partial charge in [-0.1, -0.05) is 13.8 Å². The van der Waals surface area contributed by atoms with Crippen LogP contribution in [-0.4, -0.2) is 54.8 Å². The van der Waals surface area contributed by atoms with Crippen molar-refractivity contribution >= 4 is 27.4 Å². The van der Waals surface area contributed by atoms with Gasteiger partial charge in [0.25, 0.3) is 0 Å². The van der Waals surface area contributed by atoms with E-state index in [1.807, 2.05) is 32.7 Å². The van der Waals surface area contributed by atoms with Crippen molar-refractivity contribution in [3.8, 4) is 0 Å². The van der Waals surface area contributed by atoms with Gasteiger partial charge in [0.1, 0.15) is 23.4 Å². The molecule has 1 fully saturated rings. The molecule has 8 nitrogen and oxygen atoms in total. The second-order valence-corrected chi connectivity index (χ2v) is 10.5. The van der Waals surface area contributed by atoms with Crippen LogP contribution in [0.25, 0.3) is 0 Å². The lowest BCUT2D eigenvalue weighted by molar-refractivity contribution is -0.118. The van der Waals surface area contributed by atoms with Crippen LogP contribution >= 0.6 is 0 Å². The Hall–Kier alpha value is -2.59. The number of rotatable bonds is 5. The number of amides is 1. The van der Waals surface area contributed by atoms with E-state index in [1.165, 1.54) is 16.4 Å². The Bertz CT molecular complexity index is 1110. The molecule has 0 radical (unpaired) electrons. The third kappa shape index (κ3) is 3.89. The highest BCUT2D eigenvalue weighted by Crippen LogP contribution is 2.34. The first-order valence-corrected chi connectivity index (χ1v) is 11.7. The molecule has 0 saturated carbocycles. The highest BCUT2D eigenvalue weighted by molar-refractivity contribution is 7.89. The van der Waals surface area contributed by atoms with Crippen LogP contribution in [0.15, 0.2) is 29.2 Å². The van der Waals surface area contributed by atoms with Crippen molar-refractivity contribution in [3.05, 3.63) is 41.6 Å². The van der Waals surface area contributed by atoms with Gasteiger partial charge in [0.2, 0.25) is 15.9 Å². The summed E-state index contributed by atoms with van der Waals surface area (Å²) in [7, 11) is -1.77. The molecule has 2 aliphatic heterocycles. The molecule has 4 rings (SSSR count). The number of anilines is 2. The molecule has 166 valence electrons. The minimum absolute atomic E-state index is 0.0647. The number of nitrogens with one attached hydrogen (secondary N) is 1. The van der Waals surface area contributed by atoms with Crippen LogP contribution in [0.1, 0.15) is 25.4 Å². The molecule has 0 bridgehead atoms. The molecule has 1 atom stereocenters. The third-order valence-corrected chi connectivity index (χ3v) is 7.71. The predicted octanol–water partition coefficient (Wildman–Crippen LogP) is 2.20. The van der Waals surface area contributed by atoms with E-state index in [-0.39, 0.29) is 28.7 Å². The summed E-state index contributed by atoms with van der Waals surface area (Å²) in [6.45, 7) is 6.54. The van der Waals surface area contributed by atoms with Crippen molar-refractivity contribution in [3.63, 3.8) is 0 Å². The van der Waals surface area contributed by atoms with E-state index in [2.05, 4.69) is 15.3 Å². The van der Waals surface area contributed by atoms with Crippen LogP contribution in [0.3, 0.4) is 0 Å². The number of nitrogens with zero attached hydrogens (tertiary/aromatic N) is 4. The molecule has 10 heteroatoms. The topological polar surface area (TPSA) is 95.5 Å². The van der Waals surface area contributed by atoms with Gasteiger partial charge in [0, 0.05) is 26.6 Å². The average molecular weight is 448 g/mol. The van der Waals surface area contributed by atoms with Crippen LogP contribution in [0.4, 0.5) is 15.9 Å². The van der Waals surface area contributed by atoms with Crippen molar-refractivity contribution in [2.45, 2.75) is 38.1 Å². The second kappa shape index (κ2) is 7.83. The Morgan fingerprint density at radius 3 is 2.45 bits per heavy atom. The van der Waals surface area contributed by atoms with Gasteiger partial charge >= 0.3 is 0 Å². The van der Waals surface area contributed by atoms with Crippen molar-refractivity contribution in [1.82, 2.24) is 14.3 Å². The summed E-state index contributed by atoms with van der Waals surface area (Å²) in [4.78, 5) is 23.7. The molecule has 31 heavy (non-hydrogen) atoms. The molecule has 1 aromatic heterocycles. The minimum atomic E-state index is -3.63. The molecule has 1 amide bonds. The molecular weight excluding hydrogens is 421 g/mol. The maximum Gasteiger partial charge on any atom is 0.247 e. The summed E-state index contributed by atoms with van der Waals surface area (Å²) < 4.78 is 39.8. The summed E-state index contributed by atoms with van der Waals surface area (Å²) in [5.41, 5.74) is 1.32. The number of carbonyl (C=O) groups is 1. The van der Waals surface area contributed by atoms with E-state index in [0.29, 0.717) is 42.5 Å². The maximum atomic E-state index is 13.1. The van der Waals surface area contributed by atoms with Crippen molar-refractivity contribution in [2.24, 2.45) is 11.8 Å². The van der Waals surface area contributed by atoms with Gasteiger partial charge in [-0.25, -0.2) is 22.8 Å². The summed E-state index contributed by atoms with van der Waals surface area (Å²) in [6.07, 6.45) is 0.539. The quantitative estimate of drug-likeness (QED) is 0.755. The van der Waals surface area contributed by atoms with Crippen LogP contribution in [0, 0.1) is 24.6 Å². The Kier molecular flexibility index (Phi) is 5.47. The fraction of sp³-hybridized carbons (Fsp3) is 0.476. The lowest BCUT2D eigenvalue weighted by Crippen LogP contribution is -2.51. The van der Waals surface area contributed by atoms with Crippen LogP contribution < -0.4 is 10.2 Å². The number of halogens is 1. The lowest BCUT2D eigenvalue weighted by Gasteiger charge is -2.39. The number of hydrogen-bond acceptors (Lipinski definition) is 6. The monoisotopic (exact) mass is 447 g/mol. The SMILES string of the molecule is Cc1nc(CC2CN(S(=O)(=O)c3ccc(F)cc3)C2)nc2c1NC(=O)[C@H](C(C)C)N2C. The first kappa shape index (κ1) is 21.6.